The van der Waals surface area contributed by atoms with Gasteiger partial charge in [-0.1, -0.05) is 26.0 Å². The van der Waals surface area contributed by atoms with E-state index in [0.717, 1.165) is 43.5 Å². The van der Waals surface area contributed by atoms with Crippen LogP contribution in [-0.4, -0.2) is 26.8 Å². The normalized spacial score (nSPS) is 17.1. The predicted octanol–water partition coefficient (Wildman–Crippen LogP) is 3.10. The van der Waals surface area contributed by atoms with Gasteiger partial charge in [-0.15, -0.1) is 0 Å². The first kappa shape index (κ1) is 14.2. The molecule has 0 spiro atoms. The molecule has 1 heterocycles. The second-order valence-electron chi connectivity index (χ2n) is 5.95. The fourth-order valence-corrected chi connectivity index (χ4v) is 2.88. The molecule has 0 saturated carbocycles. The number of rotatable bonds is 7. The van der Waals surface area contributed by atoms with Crippen LogP contribution in [0.5, 0.6) is 11.5 Å². The Morgan fingerprint density at radius 3 is 2.42 bits per heavy atom. The minimum Gasteiger partial charge on any atom is -0.493 e. The summed E-state index contributed by atoms with van der Waals surface area (Å²) in [6.07, 6.45) is 2.38. The second-order valence-corrected chi connectivity index (χ2v) is 5.95. The van der Waals surface area contributed by atoms with Gasteiger partial charge in [-0.3, -0.25) is 0 Å². The molecule has 1 aliphatic heterocycles. The van der Waals surface area contributed by atoms with E-state index in [2.05, 4.69) is 19.2 Å². The van der Waals surface area contributed by atoms with Crippen molar-refractivity contribution in [1.29, 1.82) is 0 Å². The summed E-state index contributed by atoms with van der Waals surface area (Å²) < 4.78 is 11.2. The van der Waals surface area contributed by atoms with Gasteiger partial charge in [-0.25, -0.2) is 0 Å². The SMILES string of the molecule is COc1ccccc1OCCC1(CC(C)C)CNC1. The van der Waals surface area contributed by atoms with Crippen molar-refractivity contribution in [3.05, 3.63) is 24.3 Å². The first-order valence-corrected chi connectivity index (χ1v) is 7.12. The smallest absolute Gasteiger partial charge is 0.161 e. The van der Waals surface area contributed by atoms with E-state index in [-0.39, 0.29) is 0 Å². The Bertz CT molecular complexity index is 399. The minimum atomic E-state index is 0.441. The summed E-state index contributed by atoms with van der Waals surface area (Å²) in [7, 11) is 1.68. The lowest BCUT2D eigenvalue weighted by atomic mass is 9.73. The van der Waals surface area contributed by atoms with E-state index < -0.39 is 0 Å². The molecular weight excluding hydrogens is 238 g/mol. The van der Waals surface area contributed by atoms with Crippen molar-refractivity contribution in [3.8, 4) is 11.5 Å². The number of para-hydroxylation sites is 2. The van der Waals surface area contributed by atoms with Gasteiger partial charge >= 0.3 is 0 Å². The summed E-state index contributed by atoms with van der Waals surface area (Å²) in [5.74, 6) is 2.40. The van der Waals surface area contributed by atoms with E-state index in [9.17, 15) is 0 Å². The van der Waals surface area contributed by atoms with Gasteiger partial charge in [0.15, 0.2) is 11.5 Å². The molecule has 1 aliphatic rings. The van der Waals surface area contributed by atoms with Crippen LogP contribution in [0.15, 0.2) is 24.3 Å². The monoisotopic (exact) mass is 263 g/mol. The summed E-state index contributed by atoms with van der Waals surface area (Å²) in [4.78, 5) is 0. The van der Waals surface area contributed by atoms with Gasteiger partial charge in [-0.05, 0) is 36.3 Å². The predicted molar refractivity (Wildman–Crippen MR) is 77.9 cm³/mol. The third-order valence-electron chi connectivity index (χ3n) is 3.80. The Morgan fingerprint density at radius 1 is 1.21 bits per heavy atom. The van der Waals surface area contributed by atoms with E-state index in [1.807, 2.05) is 24.3 Å². The van der Waals surface area contributed by atoms with Gasteiger partial charge in [0, 0.05) is 13.1 Å². The Kier molecular flexibility index (Phi) is 4.70. The van der Waals surface area contributed by atoms with Crippen LogP contribution in [0.1, 0.15) is 26.7 Å². The zero-order valence-corrected chi connectivity index (χ0v) is 12.2. The van der Waals surface area contributed by atoms with Crippen LogP contribution in [-0.2, 0) is 0 Å². The fourth-order valence-electron chi connectivity index (χ4n) is 2.88. The average molecular weight is 263 g/mol. The highest BCUT2D eigenvalue weighted by Crippen LogP contribution is 2.35. The van der Waals surface area contributed by atoms with Crippen molar-refractivity contribution < 1.29 is 9.47 Å². The highest BCUT2D eigenvalue weighted by molar-refractivity contribution is 5.39. The van der Waals surface area contributed by atoms with E-state index in [0.29, 0.717) is 5.41 Å². The van der Waals surface area contributed by atoms with Gasteiger partial charge < -0.3 is 14.8 Å². The van der Waals surface area contributed by atoms with E-state index in [4.69, 9.17) is 9.47 Å². The Labute approximate surface area is 116 Å². The molecule has 0 atom stereocenters. The molecule has 0 radical (unpaired) electrons. The molecule has 2 rings (SSSR count). The number of benzene rings is 1. The molecule has 3 nitrogen and oxygen atoms in total. The lowest BCUT2D eigenvalue weighted by Gasteiger charge is -2.44. The van der Waals surface area contributed by atoms with Crippen LogP contribution in [0.2, 0.25) is 0 Å². The molecule has 0 aromatic heterocycles. The molecule has 1 fully saturated rings. The highest BCUT2D eigenvalue weighted by Gasteiger charge is 2.36. The van der Waals surface area contributed by atoms with Crippen molar-refractivity contribution in [3.63, 3.8) is 0 Å². The Morgan fingerprint density at radius 2 is 1.89 bits per heavy atom. The van der Waals surface area contributed by atoms with Crippen LogP contribution in [0.4, 0.5) is 0 Å². The maximum atomic E-state index is 5.89. The first-order chi connectivity index (χ1) is 9.15. The van der Waals surface area contributed by atoms with Crippen molar-refractivity contribution >= 4 is 0 Å². The van der Waals surface area contributed by atoms with Crippen LogP contribution in [0, 0.1) is 11.3 Å². The summed E-state index contributed by atoms with van der Waals surface area (Å²) in [5.41, 5.74) is 0.441. The van der Waals surface area contributed by atoms with Gasteiger partial charge in [0.2, 0.25) is 0 Å². The van der Waals surface area contributed by atoms with Crippen LogP contribution < -0.4 is 14.8 Å². The van der Waals surface area contributed by atoms with Crippen LogP contribution in [0.3, 0.4) is 0 Å². The fraction of sp³-hybridized carbons (Fsp3) is 0.625. The quantitative estimate of drug-likeness (QED) is 0.820. The molecule has 1 saturated heterocycles. The Balaban J connectivity index is 1.85. The summed E-state index contributed by atoms with van der Waals surface area (Å²) in [6.45, 7) is 7.60. The van der Waals surface area contributed by atoms with Crippen molar-refractivity contribution in [2.24, 2.45) is 11.3 Å². The highest BCUT2D eigenvalue weighted by atomic mass is 16.5. The minimum absolute atomic E-state index is 0.441. The van der Waals surface area contributed by atoms with E-state index >= 15 is 0 Å². The lowest BCUT2D eigenvalue weighted by molar-refractivity contribution is 0.0934. The molecule has 0 bridgehead atoms. The van der Waals surface area contributed by atoms with Gasteiger partial charge in [0.05, 0.1) is 13.7 Å². The van der Waals surface area contributed by atoms with Gasteiger partial charge in [0.1, 0.15) is 0 Å². The van der Waals surface area contributed by atoms with Crippen molar-refractivity contribution in [2.75, 3.05) is 26.8 Å². The van der Waals surface area contributed by atoms with Gasteiger partial charge in [-0.2, -0.15) is 0 Å². The van der Waals surface area contributed by atoms with Crippen LogP contribution >= 0.6 is 0 Å². The molecule has 19 heavy (non-hydrogen) atoms. The maximum absolute atomic E-state index is 5.89. The van der Waals surface area contributed by atoms with E-state index in [1.165, 1.54) is 6.42 Å². The molecule has 0 aliphatic carbocycles. The standard InChI is InChI=1S/C16H25NO2/c1-13(2)10-16(11-17-12-16)8-9-19-15-7-5-4-6-14(15)18-3/h4-7,13,17H,8-12H2,1-3H3. The molecule has 3 heteroatoms. The molecule has 1 aromatic rings. The number of methoxy groups -OCH3 is 1. The van der Waals surface area contributed by atoms with Gasteiger partial charge in [0.25, 0.3) is 0 Å². The zero-order chi connectivity index (χ0) is 13.7. The number of hydrogen-bond acceptors (Lipinski definition) is 3. The molecule has 0 amide bonds. The molecular formula is C16H25NO2. The van der Waals surface area contributed by atoms with Crippen molar-refractivity contribution in [1.82, 2.24) is 5.32 Å². The number of nitrogens with one attached hydrogen (secondary N) is 1. The topological polar surface area (TPSA) is 30.5 Å². The molecule has 1 N–H and O–H groups in total. The third-order valence-corrected chi connectivity index (χ3v) is 3.80. The summed E-state index contributed by atoms with van der Waals surface area (Å²) in [6, 6.07) is 7.84. The lowest BCUT2D eigenvalue weighted by Crippen LogP contribution is -2.54. The average Bonchev–Trinajstić information content (AvgIpc) is 2.35. The number of hydrogen-bond donors (Lipinski definition) is 1. The number of ether oxygens (including phenoxy) is 2. The van der Waals surface area contributed by atoms with Crippen LogP contribution in [0.25, 0.3) is 0 Å². The third kappa shape index (κ3) is 3.63. The molecule has 1 aromatic carbocycles. The molecule has 0 unspecified atom stereocenters. The van der Waals surface area contributed by atoms with E-state index in [1.54, 1.807) is 7.11 Å². The largest absolute Gasteiger partial charge is 0.493 e. The summed E-state index contributed by atoms with van der Waals surface area (Å²) in [5, 5.41) is 3.40. The zero-order valence-electron chi connectivity index (χ0n) is 12.2. The second kappa shape index (κ2) is 6.29. The Hall–Kier alpha value is -1.22. The van der Waals surface area contributed by atoms with Crippen molar-refractivity contribution in [2.45, 2.75) is 26.7 Å². The first-order valence-electron chi connectivity index (χ1n) is 7.12. The molecule has 106 valence electrons. The summed E-state index contributed by atoms with van der Waals surface area (Å²) >= 11 is 0. The maximum Gasteiger partial charge on any atom is 0.161 e.